The average molecular weight is 482 g/mol. The van der Waals surface area contributed by atoms with E-state index in [4.69, 9.17) is 14.7 Å². The second-order valence-electron chi connectivity index (χ2n) is 8.92. The average Bonchev–Trinajstić information content (AvgIpc) is 3.69. The summed E-state index contributed by atoms with van der Waals surface area (Å²) >= 11 is 0. The van der Waals surface area contributed by atoms with Crippen LogP contribution in [0.5, 0.6) is 5.75 Å². The minimum absolute atomic E-state index is 0.635. The van der Waals surface area contributed by atoms with Crippen molar-refractivity contribution in [2.45, 2.75) is 12.8 Å². The monoisotopic (exact) mass is 481 g/mol. The number of ether oxygens (including phenoxy) is 2. The molecule has 2 aromatic carbocycles. The summed E-state index contributed by atoms with van der Waals surface area (Å²) in [6, 6.07) is 20.5. The Balaban J connectivity index is 0.000000477. The lowest BCUT2D eigenvalue weighted by molar-refractivity contribution is 0.122. The topological polar surface area (TPSA) is 74.8 Å². The van der Waals surface area contributed by atoms with Crippen LogP contribution >= 0.6 is 0 Å². The summed E-state index contributed by atoms with van der Waals surface area (Å²) in [5.74, 6) is 0.755. The zero-order valence-corrected chi connectivity index (χ0v) is 20.6. The van der Waals surface area contributed by atoms with Gasteiger partial charge in [0.25, 0.3) is 0 Å². The fraction of sp³-hybridized carbons (Fsp3) is 0.310. The Labute approximate surface area is 211 Å². The number of fused-ring (bicyclic) bond motifs is 1. The number of anilines is 1. The van der Waals surface area contributed by atoms with E-state index in [-0.39, 0.29) is 0 Å². The molecule has 2 aliphatic heterocycles. The van der Waals surface area contributed by atoms with E-state index >= 15 is 0 Å². The molecule has 4 aromatic rings. The summed E-state index contributed by atoms with van der Waals surface area (Å²) in [4.78, 5) is 6.71. The van der Waals surface area contributed by atoms with Gasteiger partial charge in [0, 0.05) is 24.3 Å². The molecular weight excluding hydrogens is 450 g/mol. The molecular formula is C29H31N5O2. The lowest BCUT2D eigenvalue weighted by Crippen LogP contribution is -2.36. The molecule has 0 bridgehead atoms. The number of pyridine rings is 1. The van der Waals surface area contributed by atoms with Crippen molar-refractivity contribution in [2.24, 2.45) is 0 Å². The fourth-order valence-corrected chi connectivity index (χ4v) is 4.74. The number of imidazole rings is 1. The van der Waals surface area contributed by atoms with E-state index in [1.54, 1.807) is 7.11 Å². The number of nitrogens with one attached hydrogen (secondary N) is 1. The summed E-state index contributed by atoms with van der Waals surface area (Å²) in [6.45, 7) is 5.84. The third kappa shape index (κ3) is 5.06. The molecule has 2 aliphatic rings. The molecule has 0 radical (unpaired) electrons. The standard InChI is InChI=1S/C25H22N4O2.C4H9N/c1-30-24-14-22(19-4-2-18(15-26)3-5-19)25(29-17-27-16-23(24)29)20-6-8-21(9-7-20)28-10-12-31-13-11-28;1-2-4-5-3-1/h2-9,14,16-17H,10-13H2,1H3;5H,1-4H2. The predicted octanol–water partition coefficient (Wildman–Crippen LogP) is 4.75. The van der Waals surface area contributed by atoms with E-state index < -0.39 is 0 Å². The first kappa shape index (κ1) is 23.9. The third-order valence-corrected chi connectivity index (χ3v) is 6.68. The molecule has 0 spiro atoms. The zero-order chi connectivity index (χ0) is 24.7. The highest BCUT2D eigenvalue weighted by Gasteiger charge is 2.17. The quantitative estimate of drug-likeness (QED) is 0.453. The molecule has 2 fully saturated rings. The third-order valence-electron chi connectivity index (χ3n) is 6.68. The van der Waals surface area contributed by atoms with Crippen LogP contribution in [0.2, 0.25) is 0 Å². The molecule has 6 rings (SSSR count). The molecule has 7 heteroatoms. The smallest absolute Gasteiger partial charge is 0.145 e. The van der Waals surface area contributed by atoms with Gasteiger partial charge in [0.05, 0.1) is 50.2 Å². The molecule has 4 heterocycles. The van der Waals surface area contributed by atoms with Crippen LogP contribution in [-0.4, -0.2) is 55.9 Å². The second-order valence-corrected chi connectivity index (χ2v) is 8.92. The van der Waals surface area contributed by atoms with Gasteiger partial charge in [0.2, 0.25) is 0 Å². The van der Waals surface area contributed by atoms with Crippen molar-refractivity contribution < 1.29 is 9.47 Å². The number of benzene rings is 2. The molecule has 0 atom stereocenters. The number of methoxy groups -OCH3 is 1. The van der Waals surface area contributed by atoms with Crippen LogP contribution in [0.1, 0.15) is 18.4 Å². The molecule has 0 amide bonds. The first-order valence-electron chi connectivity index (χ1n) is 12.5. The highest BCUT2D eigenvalue weighted by Crippen LogP contribution is 2.38. The minimum atomic E-state index is 0.635. The fourth-order valence-electron chi connectivity index (χ4n) is 4.74. The summed E-state index contributed by atoms with van der Waals surface area (Å²) in [5, 5.41) is 12.4. The molecule has 0 saturated carbocycles. The lowest BCUT2D eigenvalue weighted by Gasteiger charge is -2.29. The van der Waals surface area contributed by atoms with Crippen LogP contribution in [0.3, 0.4) is 0 Å². The first-order chi connectivity index (χ1) is 17.8. The Bertz CT molecular complexity index is 1320. The van der Waals surface area contributed by atoms with Gasteiger partial charge in [-0.2, -0.15) is 5.26 Å². The Morgan fingerprint density at radius 1 is 0.972 bits per heavy atom. The Hall–Kier alpha value is -3.86. The Kier molecular flexibility index (Phi) is 7.46. The van der Waals surface area contributed by atoms with E-state index in [1.165, 1.54) is 31.6 Å². The SMILES string of the molecule is C1CCNC1.COc1cc(-c2ccc(C#N)cc2)c(-c2ccc(N3CCOCC3)cc2)n2cncc12. The van der Waals surface area contributed by atoms with E-state index in [1.807, 2.05) is 42.9 Å². The van der Waals surface area contributed by atoms with Gasteiger partial charge in [-0.1, -0.05) is 24.3 Å². The second kappa shape index (κ2) is 11.3. The van der Waals surface area contributed by atoms with Gasteiger partial charge < -0.3 is 19.7 Å². The summed E-state index contributed by atoms with van der Waals surface area (Å²) < 4.78 is 13.2. The van der Waals surface area contributed by atoms with Gasteiger partial charge in [-0.15, -0.1) is 0 Å². The molecule has 1 N–H and O–H groups in total. The van der Waals surface area contributed by atoms with Crippen LogP contribution in [0, 0.1) is 11.3 Å². The van der Waals surface area contributed by atoms with Crippen molar-refractivity contribution in [3.63, 3.8) is 0 Å². The molecule has 7 nitrogen and oxygen atoms in total. The lowest BCUT2D eigenvalue weighted by atomic mass is 9.97. The van der Waals surface area contributed by atoms with E-state index in [2.05, 4.69) is 49.9 Å². The number of rotatable bonds is 4. The summed E-state index contributed by atoms with van der Waals surface area (Å²) in [7, 11) is 1.67. The van der Waals surface area contributed by atoms with Gasteiger partial charge in [-0.05, 0) is 67.4 Å². The Morgan fingerprint density at radius 3 is 2.28 bits per heavy atom. The molecule has 2 saturated heterocycles. The zero-order valence-electron chi connectivity index (χ0n) is 20.6. The van der Waals surface area contributed by atoms with Gasteiger partial charge in [-0.3, -0.25) is 4.40 Å². The van der Waals surface area contributed by atoms with Crippen molar-refractivity contribution in [3.05, 3.63) is 72.7 Å². The predicted molar refractivity (Wildman–Crippen MR) is 142 cm³/mol. The van der Waals surface area contributed by atoms with Crippen molar-refractivity contribution >= 4 is 11.2 Å². The van der Waals surface area contributed by atoms with Crippen LogP contribution in [0.15, 0.2) is 67.1 Å². The minimum Gasteiger partial charge on any atom is -0.494 e. The van der Waals surface area contributed by atoms with Gasteiger partial charge >= 0.3 is 0 Å². The number of hydrogen-bond donors (Lipinski definition) is 1. The molecule has 36 heavy (non-hydrogen) atoms. The number of nitriles is 1. The van der Waals surface area contributed by atoms with Crippen molar-refractivity contribution in [1.29, 1.82) is 5.26 Å². The van der Waals surface area contributed by atoms with Gasteiger partial charge in [-0.25, -0.2) is 4.98 Å². The van der Waals surface area contributed by atoms with Crippen LogP contribution in [0.25, 0.3) is 27.9 Å². The first-order valence-corrected chi connectivity index (χ1v) is 12.5. The highest BCUT2D eigenvalue weighted by atomic mass is 16.5. The molecule has 2 aromatic heterocycles. The van der Waals surface area contributed by atoms with Crippen molar-refractivity contribution in [1.82, 2.24) is 14.7 Å². The van der Waals surface area contributed by atoms with E-state index in [0.717, 1.165) is 60.0 Å². The van der Waals surface area contributed by atoms with Crippen molar-refractivity contribution in [2.75, 3.05) is 51.4 Å². The maximum atomic E-state index is 9.17. The van der Waals surface area contributed by atoms with E-state index in [0.29, 0.717) is 5.56 Å². The Morgan fingerprint density at radius 2 is 1.67 bits per heavy atom. The molecule has 0 aliphatic carbocycles. The maximum absolute atomic E-state index is 9.17. The van der Waals surface area contributed by atoms with E-state index in [9.17, 15) is 0 Å². The van der Waals surface area contributed by atoms with Gasteiger partial charge in [0.15, 0.2) is 0 Å². The molecule has 0 unspecified atom stereocenters. The maximum Gasteiger partial charge on any atom is 0.145 e. The van der Waals surface area contributed by atoms with Crippen LogP contribution in [0.4, 0.5) is 5.69 Å². The summed E-state index contributed by atoms with van der Waals surface area (Å²) in [6.07, 6.45) is 6.41. The summed E-state index contributed by atoms with van der Waals surface area (Å²) in [5.41, 5.74) is 6.89. The highest BCUT2D eigenvalue weighted by molar-refractivity contribution is 5.86. The number of morpholine rings is 1. The largest absolute Gasteiger partial charge is 0.494 e. The number of hydrogen-bond acceptors (Lipinski definition) is 6. The van der Waals surface area contributed by atoms with Crippen LogP contribution < -0.4 is 15.0 Å². The molecule has 184 valence electrons. The van der Waals surface area contributed by atoms with Crippen molar-refractivity contribution in [3.8, 4) is 34.2 Å². The number of aromatic nitrogens is 2. The number of nitrogens with zero attached hydrogens (tertiary/aromatic N) is 4. The van der Waals surface area contributed by atoms with Gasteiger partial charge in [0.1, 0.15) is 11.3 Å². The van der Waals surface area contributed by atoms with Crippen LogP contribution in [-0.2, 0) is 4.74 Å². The normalized spacial score (nSPS) is 15.3.